The van der Waals surface area contributed by atoms with E-state index in [1.165, 1.54) is 41.5 Å². The lowest BCUT2D eigenvalue weighted by Gasteiger charge is -2.28. The molecular formula is C31H44O. The highest BCUT2D eigenvalue weighted by Crippen LogP contribution is 2.33. The van der Waals surface area contributed by atoms with Gasteiger partial charge in [-0.05, 0) is 94.9 Å². The van der Waals surface area contributed by atoms with Gasteiger partial charge in [0.25, 0.3) is 0 Å². The van der Waals surface area contributed by atoms with E-state index in [1.54, 1.807) is 11.1 Å². The van der Waals surface area contributed by atoms with Gasteiger partial charge in [0.15, 0.2) is 0 Å². The SMILES string of the molecule is CC(C)C1=Cc2cc(C(C)C)ccc2OC1.CC(C)c1ccc2c(c1)CC(C(C)C)CC2. The van der Waals surface area contributed by atoms with Crippen molar-refractivity contribution in [2.24, 2.45) is 17.8 Å². The summed E-state index contributed by atoms with van der Waals surface area (Å²) in [4.78, 5) is 0. The maximum absolute atomic E-state index is 5.76. The van der Waals surface area contributed by atoms with Crippen molar-refractivity contribution in [3.8, 4) is 5.75 Å². The number of benzene rings is 2. The van der Waals surface area contributed by atoms with Crippen LogP contribution in [0.1, 0.15) is 101 Å². The van der Waals surface area contributed by atoms with Crippen LogP contribution in [-0.4, -0.2) is 6.61 Å². The lowest BCUT2D eigenvalue weighted by Crippen LogP contribution is -2.19. The third-order valence-corrected chi connectivity index (χ3v) is 7.28. The van der Waals surface area contributed by atoms with Gasteiger partial charge in [0.1, 0.15) is 12.4 Å². The van der Waals surface area contributed by atoms with E-state index in [4.69, 9.17) is 4.74 Å². The summed E-state index contributed by atoms with van der Waals surface area (Å²) >= 11 is 0. The summed E-state index contributed by atoms with van der Waals surface area (Å²) in [6.07, 6.45) is 6.26. The lowest BCUT2D eigenvalue weighted by atomic mass is 9.77. The van der Waals surface area contributed by atoms with Crippen molar-refractivity contribution in [2.45, 2.75) is 86.5 Å². The summed E-state index contributed by atoms with van der Waals surface area (Å²) in [6.45, 7) is 18.9. The minimum Gasteiger partial charge on any atom is -0.489 e. The first-order chi connectivity index (χ1) is 15.2. The standard InChI is InChI=1S/C16H24.C15H20O/c1-11(2)14-7-5-13-6-8-15(12(3)4)10-16(13)9-14;1-10(2)12-5-6-15-13(7-12)8-14(9-16-15)11(3)4/h5,7,9,11-12,15H,6,8,10H2,1-4H3;5-8,10-11H,9H2,1-4H3. The molecule has 0 saturated carbocycles. The Hall–Kier alpha value is -2.02. The monoisotopic (exact) mass is 432 g/mol. The molecule has 1 aliphatic carbocycles. The van der Waals surface area contributed by atoms with E-state index in [1.807, 2.05) is 0 Å². The normalized spacial score (nSPS) is 17.5. The average molecular weight is 433 g/mol. The van der Waals surface area contributed by atoms with Crippen molar-refractivity contribution in [3.63, 3.8) is 0 Å². The van der Waals surface area contributed by atoms with Crippen LogP contribution < -0.4 is 4.74 Å². The molecule has 0 spiro atoms. The van der Waals surface area contributed by atoms with Crippen LogP contribution in [-0.2, 0) is 12.8 Å². The number of hydrogen-bond acceptors (Lipinski definition) is 1. The predicted molar refractivity (Wildman–Crippen MR) is 140 cm³/mol. The van der Waals surface area contributed by atoms with Gasteiger partial charge >= 0.3 is 0 Å². The quantitative estimate of drug-likeness (QED) is 0.469. The van der Waals surface area contributed by atoms with Crippen LogP contribution in [0, 0.1) is 17.8 Å². The second-order valence-electron chi connectivity index (χ2n) is 11.0. The van der Waals surface area contributed by atoms with Gasteiger partial charge < -0.3 is 4.74 Å². The van der Waals surface area contributed by atoms with Gasteiger partial charge in [-0.15, -0.1) is 0 Å². The second-order valence-corrected chi connectivity index (χ2v) is 11.0. The molecule has 1 aliphatic heterocycles. The third kappa shape index (κ3) is 6.06. The summed E-state index contributed by atoms with van der Waals surface area (Å²) in [5.41, 5.74) is 8.72. The Morgan fingerprint density at radius 3 is 2.03 bits per heavy atom. The van der Waals surface area contributed by atoms with Crippen LogP contribution in [0.3, 0.4) is 0 Å². The zero-order valence-corrected chi connectivity index (χ0v) is 21.7. The van der Waals surface area contributed by atoms with E-state index in [9.17, 15) is 0 Å². The smallest absolute Gasteiger partial charge is 0.127 e. The van der Waals surface area contributed by atoms with Gasteiger partial charge in [-0.25, -0.2) is 0 Å². The highest BCUT2D eigenvalue weighted by Gasteiger charge is 2.21. The minimum atomic E-state index is 0.566. The molecule has 2 aromatic carbocycles. The van der Waals surface area contributed by atoms with Crippen molar-refractivity contribution < 1.29 is 4.74 Å². The third-order valence-electron chi connectivity index (χ3n) is 7.28. The summed E-state index contributed by atoms with van der Waals surface area (Å²) in [7, 11) is 0. The maximum atomic E-state index is 5.76. The van der Waals surface area contributed by atoms with Gasteiger partial charge in [-0.3, -0.25) is 0 Å². The zero-order valence-electron chi connectivity index (χ0n) is 21.7. The van der Waals surface area contributed by atoms with E-state index in [-0.39, 0.29) is 0 Å². The van der Waals surface area contributed by atoms with E-state index in [2.05, 4.69) is 97.9 Å². The van der Waals surface area contributed by atoms with Gasteiger partial charge in [0.2, 0.25) is 0 Å². The topological polar surface area (TPSA) is 9.23 Å². The molecule has 174 valence electrons. The molecule has 1 heterocycles. The van der Waals surface area contributed by atoms with Crippen LogP contribution in [0.25, 0.3) is 6.08 Å². The van der Waals surface area contributed by atoms with Crippen LogP contribution in [0.2, 0.25) is 0 Å². The molecule has 0 amide bonds. The molecule has 1 nitrogen and oxygen atoms in total. The minimum absolute atomic E-state index is 0.566. The zero-order chi connectivity index (χ0) is 23.4. The molecule has 1 atom stereocenters. The Labute approximate surface area is 197 Å². The Morgan fingerprint density at radius 1 is 0.750 bits per heavy atom. The highest BCUT2D eigenvalue weighted by atomic mass is 16.5. The van der Waals surface area contributed by atoms with Gasteiger partial charge in [0.05, 0.1) is 0 Å². The molecular weight excluding hydrogens is 388 g/mol. The van der Waals surface area contributed by atoms with E-state index < -0.39 is 0 Å². The molecule has 0 saturated heterocycles. The molecule has 0 aromatic heterocycles. The number of fused-ring (bicyclic) bond motifs is 2. The predicted octanol–water partition coefficient (Wildman–Crippen LogP) is 8.81. The van der Waals surface area contributed by atoms with Crippen LogP contribution in [0.5, 0.6) is 5.75 Å². The van der Waals surface area contributed by atoms with Crippen molar-refractivity contribution in [2.75, 3.05) is 6.61 Å². The van der Waals surface area contributed by atoms with E-state index in [0.717, 1.165) is 24.2 Å². The molecule has 2 aromatic rings. The number of aryl methyl sites for hydroxylation is 1. The summed E-state index contributed by atoms with van der Waals surface area (Å²) in [5, 5.41) is 0. The maximum Gasteiger partial charge on any atom is 0.127 e. The number of ether oxygens (including phenoxy) is 1. The van der Waals surface area contributed by atoms with Crippen LogP contribution in [0.4, 0.5) is 0 Å². The highest BCUT2D eigenvalue weighted by molar-refractivity contribution is 5.63. The Bertz CT molecular complexity index is 929. The molecule has 2 aliphatic rings. The van der Waals surface area contributed by atoms with Crippen molar-refractivity contribution in [1.29, 1.82) is 0 Å². The Morgan fingerprint density at radius 2 is 1.41 bits per heavy atom. The number of rotatable bonds is 4. The fourth-order valence-corrected chi connectivity index (χ4v) is 4.64. The molecule has 1 heteroatoms. The fraction of sp³-hybridized carbons (Fsp3) is 0.548. The van der Waals surface area contributed by atoms with E-state index >= 15 is 0 Å². The molecule has 4 rings (SSSR count). The first kappa shape index (κ1) is 24.6. The summed E-state index contributed by atoms with van der Waals surface area (Å²) in [5.74, 6) is 4.54. The van der Waals surface area contributed by atoms with Crippen LogP contribution >= 0.6 is 0 Å². The Balaban J connectivity index is 0.000000181. The van der Waals surface area contributed by atoms with Crippen molar-refractivity contribution in [3.05, 3.63) is 69.8 Å². The van der Waals surface area contributed by atoms with Crippen molar-refractivity contribution >= 4 is 6.08 Å². The average Bonchev–Trinajstić information content (AvgIpc) is 2.77. The van der Waals surface area contributed by atoms with Gasteiger partial charge in [0, 0.05) is 5.56 Å². The largest absolute Gasteiger partial charge is 0.489 e. The van der Waals surface area contributed by atoms with Gasteiger partial charge in [-0.2, -0.15) is 0 Å². The van der Waals surface area contributed by atoms with E-state index in [0.29, 0.717) is 17.8 Å². The number of hydrogen-bond donors (Lipinski definition) is 0. The molecule has 1 unspecified atom stereocenters. The Kier molecular flexibility index (Phi) is 8.26. The first-order valence-electron chi connectivity index (χ1n) is 12.7. The summed E-state index contributed by atoms with van der Waals surface area (Å²) in [6, 6.07) is 13.6. The van der Waals surface area contributed by atoms with Crippen LogP contribution in [0.15, 0.2) is 42.0 Å². The van der Waals surface area contributed by atoms with Crippen molar-refractivity contribution in [1.82, 2.24) is 0 Å². The van der Waals surface area contributed by atoms with Gasteiger partial charge in [-0.1, -0.05) is 79.7 Å². The lowest BCUT2D eigenvalue weighted by molar-refractivity contribution is 0.334. The molecule has 0 bridgehead atoms. The molecule has 0 fully saturated rings. The second kappa shape index (κ2) is 10.7. The fourth-order valence-electron chi connectivity index (χ4n) is 4.64. The molecule has 32 heavy (non-hydrogen) atoms. The molecule has 0 radical (unpaired) electrons. The summed E-state index contributed by atoms with van der Waals surface area (Å²) < 4.78 is 5.76. The molecule has 0 N–H and O–H groups in total. The first-order valence-corrected chi connectivity index (χ1v) is 12.7.